The highest BCUT2D eigenvalue weighted by molar-refractivity contribution is 4.98. The number of nitrogens with zero attached hydrogens (tertiary/aromatic N) is 2. The molecule has 0 aromatic carbocycles. The van der Waals surface area contributed by atoms with Crippen LogP contribution in [0.1, 0.15) is 44.8 Å². The third-order valence-electron chi connectivity index (χ3n) is 3.42. The van der Waals surface area contributed by atoms with Crippen molar-refractivity contribution in [1.29, 1.82) is 0 Å². The molecule has 0 aliphatic carbocycles. The van der Waals surface area contributed by atoms with E-state index in [1.807, 2.05) is 10.9 Å². The van der Waals surface area contributed by atoms with Gasteiger partial charge in [0.2, 0.25) is 0 Å². The van der Waals surface area contributed by atoms with Gasteiger partial charge in [0.15, 0.2) is 0 Å². The molecule has 1 aliphatic rings. The first-order chi connectivity index (χ1) is 8.29. The van der Waals surface area contributed by atoms with Crippen molar-refractivity contribution < 1.29 is 4.74 Å². The Kier molecular flexibility index (Phi) is 4.57. The van der Waals surface area contributed by atoms with Crippen molar-refractivity contribution in [3.05, 3.63) is 18.0 Å². The van der Waals surface area contributed by atoms with Crippen molar-refractivity contribution in [1.82, 2.24) is 15.1 Å². The minimum Gasteiger partial charge on any atom is -0.371 e. The smallest absolute Gasteiger partial charge is 0.0910 e. The molecule has 0 amide bonds. The maximum atomic E-state index is 5.86. The summed E-state index contributed by atoms with van der Waals surface area (Å²) < 4.78 is 7.88. The van der Waals surface area contributed by atoms with E-state index < -0.39 is 0 Å². The van der Waals surface area contributed by atoms with E-state index in [0.29, 0.717) is 18.8 Å². The van der Waals surface area contributed by atoms with Crippen LogP contribution in [0.25, 0.3) is 0 Å². The minimum atomic E-state index is 0.359. The zero-order valence-electron chi connectivity index (χ0n) is 10.9. The molecule has 0 saturated carbocycles. The SMILES string of the molecule is CCC(C)n1ccc(CO[C@H]2CCCNC2)n1. The molecule has 1 saturated heterocycles. The van der Waals surface area contributed by atoms with Gasteiger partial charge in [-0.05, 0) is 38.8 Å². The van der Waals surface area contributed by atoms with E-state index in [2.05, 4.69) is 30.3 Å². The zero-order valence-corrected chi connectivity index (χ0v) is 10.9. The Hall–Kier alpha value is -0.870. The molecule has 2 rings (SSSR count). The molecule has 0 bridgehead atoms. The Bertz CT molecular complexity index is 331. The van der Waals surface area contributed by atoms with Gasteiger partial charge in [-0.15, -0.1) is 0 Å². The number of nitrogens with one attached hydrogen (secondary N) is 1. The monoisotopic (exact) mass is 237 g/mol. The van der Waals surface area contributed by atoms with Crippen LogP contribution in [0.4, 0.5) is 0 Å². The molecule has 96 valence electrons. The average Bonchev–Trinajstić information content (AvgIpc) is 2.85. The van der Waals surface area contributed by atoms with Gasteiger partial charge < -0.3 is 10.1 Å². The number of aromatic nitrogens is 2. The Labute approximate surface area is 103 Å². The van der Waals surface area contributed by atoms with Crippen molar-refractivity contribution in [2.24, 2.45) is 0 Å². The van der Waals surface area contributed by atoms with E-state index in [-0.39, 0.29) is 0 Å². The molecule has 0 radical (unpaired) electrons. The van der Waals surface area contributed by atoms with Crippen molar-refractivity contribution in [3.63, 3.8) is 0 Å². The van der Waals surface area contributed by atoms with Crippen molar-refractivity contribution in [3.8, 4) is 0 Å². The maximum absolute atomic E-state index is 5.86. The molecule has 1 unspecified atom stereocenters. The lowest BCUT2D eigenvalue weighted by molar-refractivity contribution is 0.0233. The molecule has 0 spiro atoms. The summed E-state index contributed by atoms with van der Waals surface area (Å²) in [5.74, 6) is 0. The molecule has 1 N–H and O–H groups in total. The molecule has 1 aliphatic heterocycles. The fourth-order valence-electron chi connectivity index (χ4n) is 2.05. The second-order valence-electron chi connectivity index (χ2n) is 4.82. The summed E-state index contributed by atoms with van der Waals surface area (Å²) in [6, 6.07) is 2.53. The van der Waals surface area contributed by atoms with Crippen LogP contribution in [0.15, 0.2) is 12.3 Å². The summed E-state index contributed by atoms with van der Waals surface area (Å²) in [6.07, 6.45) is 5.89. The van der Waals surface area contributed by atoms with E-state index in [0.717, 1.165) is 25.2 Å². The highest BCUT2D eigenvalue weighted by Gasteiger charge is 2.13. The lowest BCUT2D eigenvalue weighted by Gasteiger charge is -2.22. The van der Waals surface area contributed by atoms with Crippen LogP contribution in [0.2, 0.25) is 0 Å². The van der Waals surface area contributed by atoms with E-state index in [4.69, 9.17) is 4.74 Å². The van der Waals surface area contributed by atoms with Crippen molar-refractivity contribution in [2.45, 2.75) is 51.9 Å². The summed E-state index contributed by atoms with van der Waals surface area (Å²) >= 11 is 0. The van der Waals surface area contributed by atoms with Gasteiger partial charge in [0.1, 0.15) is 0 Å². The lowest BCUT2D eigenvalue weighted by Crippen LogP contribution is -2.35. The number of rotatable bonds is 5. The zero-order chi connectivity index (χ0) is 12.1. The van der Waals surface area contributed by atoms with E-state index in [1.165, 1.54) is 12.8 Å². The van der Waals surface area contributed by atoms with E-state index in [9.17, 15) is 0 Å². The van der Waals surface area contributed by atoms with E-state index in [1.54, 1.807) is 0 Å². The third-order valence-corrected chi connectivity index (χ3v) is 3.42. The van der Waals surface area contributed by atoms with Gasteiger partial charge in [0.05, 0.1) is 18.4 Å². The number of hydrogen-bond acceptors (Lipinski definition) is 3. The third kappa shape index (κ3) is 3.54. The molecule has 1 aromatic heterocycles. The Morgan fingerprint density at radius 1 is 1.65 bits per heavy atom. The second-order valence-corrected chi connectivity index (χ2v) is 4.82. The maximum Gasteiger partial charge on any atom is 0.0910 e. The van der Waals surface area contributed by atoms with Gasteiger partial charge in [-0.1, -0.05) is 6.92 Å². The Balaban J connectivity index is 1.80. The lowest BCUT2D eigenvalue weighted by atomic mass is 10.1. The van der Waals surface area contributed by atoms with Gasteiger partial charge in [-0.2, -0.15) is 5.10 Å². The predicted octanol–water partition coefficient (Wildman–Crippen LogP) is 2.12. The number of ether oxygens (including phenoxy) is 1. The summed E-state index contributed by atoms with van der Waals surface area (Å²) in [4.78, 5) is 0. The molecule has 2 atom stereocenters. The molecule has 17 heavy (non-hydrogen) atoms. The number of hydrogen-bond donors (Lipinski definition) is 1. The first-order valence-electron chi connectivity index (χ1n) is 6.66. The molecule has 1 aromatic rings. The molecule has 4 nitrogen and oxygen atoms in total. The second kappa shape index (κ2) is 6.17. The van der Waals surface area contributed by atoms with Crippen molar-refractivity contribution in [2.75, 3.05) is 13.1 Å². The first kappa shape index (κ1) is 12.6. The van der Waals surface area contributed by atoms with Gasteiger partial charge >= 0.3 is 0 Å². The fraction of sp³-hybridized carbons (Fsp3) is 0.769. The molecule has 2 heterocycles. The highest BCUT2D eigenvalue weighted by Crippen LogP contribution is 2.12. The highest BCUT2D eigenvalue weighted by atomic mass is 16.5. The summed E-state index contributed by atoms with van der Waals surface area (Å²) in [5, 5.41) is 7.89. The fourth-order valence-corrected chi connectivity index (χ4v) is 2.05. The normalized spacial score (nSPS) is 22.6. The van der Waals surface area contributed by atoms with Crippen LogP contribution in [0.3, 0.4) is 0 Å². The molecule has 1 fully saturated rings. The van der Waals surface area contributed by atoms with Crippen LogP contribution < -0.4 is 5.32 Å². The van der Waals surface area contributed by atoms with Gasteiger partial charge in [-0.25, -0.2) is 0 Å². The Morgan fingerprint density at radius 3 is 3.24 bits per heavy atom. The van der Waals surface area contributed by atoms with Gasteiger partial charge in [0.25, 0.3) is 0 Å². The predicted molar refractivity (Wildman–Crippen MR) is 67.9 cm³/mol. The van der Waals surface area contributed by atoms with Crippen LogP contribution >= 0.6 is 0 Å². The van der Waals surface area contributed by atoms with Crippen LogP contribution in [-0.4, -0.2) is 29.0 Å². The first-order valence-corrected chi connectivity index (χ1v) is 6.66. The van der Waals surface area contributed by atoms with Gasteiger partial charge in [0, 0.05) is 18.8 Å². The van der Waals surface area contributed by atoms with E-state index >= 15 is 0 Å². The van der Waals surface area contributed by atoms with Crippen LogP contribution in [-0.2, 0) is 11.3 Å². The topological polar surface area (TPSA) is 39.1 Å². The molecule has 4 heteroatoms. The average molecular weight is 237 g/mol. The Morgan fingerprint density at radius 2 is 2.53 bits per heavy atom. The standard InChI is InChI=1S/C13H23N3O/c1-3-11(2)16-8-6-12(15-16)10-17-13-5-4-7-14-9-13/h6,8,11,13-14H,3-5,7,9-10H2,1-2H3/t11?,13-/m0/s1. The largest absolute Gasteiger partial charge is 0.371 e. The summed E-state index contributed by atoms with van der Waals surface area (Å²) in [6.45, 7) is 7.10. The van der Waals surface area contributed by atoms with Crippen molar-refractivity contribution >= 4 is 0 Å². The summed E-state index contributed by atoms with van der Waals surface area (Å²) in [7, 11) is 0. The number of piperidine rings is 1. The molecular weight excluding hydrogens is 214 g/mol. The van der Waals surface area contributed by atoms with Crippen LogP contribution in [0.5, 0.6) is 0 Å². The minimum absolute atomic E-state index is 0.359. The van der Waals surface area contributed by atoms with Gasteiger partial charge in [-0.3, -0.25) is 4.68 Å². The molecular formula is C13H23N3O. The quantitative estimate of drug-likeness (QED) is 0.852. The van der Waals surface area contributed by atoms with Crippen LogP contribution in [0, 0.1) is 0 Å². The summed E-state index contributed by atoms with van der Waals surface area (Å²) in [5.41, 5.74) is 1.04.